The van der Waals surface area contributed by atoms with E-state index in [1.807, 2.05) is 17.0 Å². The summed E-state index contributed by atoms with van der Waals surface area (Å²) in [5.74, 6) is -0.344. The number of carbonyl (C=O) groups excluding carboxylic acids is 2. The summed E-state index contributed by atoms with van der Waals surface area (Å²) in [6, 6.07) is 12.9. The first kappa shape index (κ1) is 19.0. The summed E-state index contributed by atoms with van der Waals surface area (Å²) in [6.07, 6.45) is 0. The van der Waals surface area contributed by atoms with Crippen LogP contribution in [0.2, 0.25) is 0 Å². The van der Waals surface area contributed by atoms with Gasteiger partial charge in [0.1, 0.15) is 18.1 Å². The Bertz CT molecular complexity index is 914. The fraction of sp³-hybridized carbons (Fsp3) is 0.333. The van der Waals surface area contributed by atoms with Gasteiger partial charge in [0.2, 0.25) is 5.91 Å². The van der Waals surface area contributed by atoms with E-state index in [0.29, 0.717) is 39.3 Å². The van der Waals surface area contributed by atoms with E-state index < -0.39 is 5.82 Å². The first-order chi connectivity index (χ1) is 14.0. The van der Waals surface area contributed by atoms with Crippen molar-refractivity contribution in [3.8, 4) is 5.75 Å². The predicted octanol–water partition coefficient (Wildman–Crippen LogP) is 2.12. The summed E-state index contributed by atoms with van der Waals surface area (Å²) in [5, 5.41) is 10.00. The number of piperazine rings is 1. The zero-order chi connectivity index (χ0) is 20.4. The number of amides is 3. The minimum atomic E-state index is -0.450. The maximum Gasteiger partial charge on any atom is 0.325 e. The largest absolute Gasteiger partial charge is 0.506 e. The molecule has 2 heterocycles. The highest BCUT2D eigenvalue weighted by Gasteiger charge is 2.33. The molecule has 0 spiro atoms. The molecule has 2 saturated heterocycles. The van der Waals surface area contributed by atoms with Crippen molar-refractivity contribution in [1.82, 2.24) is 9.80 Å². The summed E-state index contributed by atoms with van der Waals surface area (Å²) in [7, 11) is 0. The van der Waals surface area contributed by atoms with Gasteiger partial charge in [0.15, 0.2) is 0 Å². The Morgan fingerprint density at radius 3 is 2.24 bits per heavy atom. The van der Waals surface area contributed by atoms with Gasteiger partial charge in [-0.05, 0) is 24.3 Å². The van der Waals surface area contributed by atoms with Crippen LogP contribution < -0.4 is 9.80 Å². The number of para-hydroxylation sites is 3. The lowest BCUT2D eigenvalue weighted by Crippen LogP contribution is -2.51. The van der Waals surface area contributed by atoms with Gasteiger partial charge in [0.05, 0.1) is 11.4 Å². The molecule has 4 rings (SSSR count). The standard InChI is InChI=1S/C21H23FN4O3/c22-16-5-1-2-6-17(16)26-14-13-25(21(26)29)15-20(28)24-11-9-23(10-12-24)18-7-3-4-8-19(18)27/h1-8,27H,9-15H2. The first-order valence-electron chi connectivity index (χ1n) is 9.66. The van der Waals surface area contributed by atoms with Gasteiger partial charge in [-0.1, -0.05) is 24.3 Å². The highest BCUT2D eigenvalue weighted by atomic mass is 19.1. The maximum absolute atomic E-state index is 14.0. The summed E-state index contributed by atoms with van der Waals surface area (Å²) in [4.78, 5) is 31.9. The van der Waals surface area contributed by atoms with E-state index in [2.05, 4.69) is 0 Å². The molecule has 7 nitrogen and oxygen atoms in total. The van der Waals surface area contributed by atoms with E-state index in [1.54, 1.807) is 35.2 Å². The third-order valence-electron chi connectivity index (χ3n) is 5.42. The zero-order valence-corrected chi connectivity index (χ0v) is 16.0. The molecule has 0 aromatic heterocycles. The summed E-state index contributed by atoms with van der Waals surface area (Å²) in [5.41, 5.74) is 0.999. The first-order valence-corrected chi connectivity index (χ1v) is 9.66. The van der Waals surface area contributed by atoms with Crippen molar-refractivity contribution in [3.63, 3.8) is 0 Å². The second-order valence-electron chi connectivity index (χ2n) is 7.16. The van der Waals surface area contributed by atoms with Crippen LogP contribution in [-0.2, 0) is 4.79 Å². The quantitative estimate of drug-likeness (QED) is 0.857. The number of urea groups is 1. The van der Waals surface area contributed by atoms with E-state index in [9.17, 15) is 19.1 Å². The normalized spacial score (nSPS) is 17.2. The van der Waals surface area contributed by atoms with Gasteiger partial charge in [-0.2, -0.15) is 0 Å². The zero-order valence-electron chi connectivity index (χ0n) is 16.0. The average Bonchev–Trinajstić information content (AvgIpc) is 3.09. The van der Waals surface area contributed by atoms with E-state index in [-0.39, 0.29) is 29.9 Å². The average molecular weight is 398 g/mol. The van der Waals surface area contributed by atoms with Crippen LogP contribution in [0.1, 0.15) is 0 Å². The fourth-order valence-corrected chi connectivity index (χ4v) is 3.82. The van der Waals surface area contributed by atoms with Crippen molar-refractivity contribution < 1.29 is 19.1 Å². The minimum Gasteiger partial charge on any atom is -0.506 e. The summed E-state index contributed by atoms with van der Waals surface area (Å²) < 4.78 is 14.0. The molecule has 3 amide bonds. The van der Waals surface area contributed by atoms with Crippen molar-refractivity contribution in [2.24, 2.45) is 0 Å². The van der Waals surface area contributed by atoms with Gasteiger partial charge in [-0.25, -0.2) is 9.18 Å². The molecule has 0 atom stereocenters. The fourth-order valence-electron chi connectivity index (χ4n) is 3.82. The summed E-state index contributed by atoms with van der Waals surface area (Å²) in [6.45, 7) is 2.99. The number of hydrogen-bond acceptors (Lipinski definition) is 4. The van der Waals surface area contributed by atoms with Gasteiger partial charge in [-0.15, -0.1) is 0 Å². The van der Waals surface area contributed by atoms with Gasteiger partial charge in [0, 0.05) is 39.3 Å². The number of aromatic hydroxyl groups is 1. The molecule has 2 aliphatic heterocycles. The molecule has 2 fully saturated rings. The molecular weight excluding hydrogens is 375 g/mol. The smallest absolute Gasteiger partial charge is 0.325 e. The molecule has 0 radical (unpaired) electrons. The van der Waals surface area contributed by atoms with Crippen molar-refractivity contribution in [2.45, 2.75) is 0 Å². The van der Waals surface area contributed by atoms with Crippen LogP contribution in [0.25, 0.3) is 0 Å². The molecule has 8 heteroatoms. The van der Waals surface area contributed by atoms with E-state index in [0.717, 1.165) is 5.69 Å². The lowest BCUT2D eigenvalue weighted by Gasteiger charge is -2.36. The molecule has 0 saturated carbocycles. The number of phenolic OH excluding ortho intramolecular Hbond substituents is 1. The number of halogens is 1. The van der Waals surface area contributed by atoms with Crippen LogP contribution in [0.3, 0.4) is 0 Å². The Kier molecular flexibility index (Phi) is 5.24. The molecule has 2 aliphatic rings. The number of phenols is 1. The van der Waals surface area contributed by atoms with Gasteiger partial charge in [0.25, 0.3) is 0 Å². The van der Waals surface area contributed by atoms with E-state index in [1.165, 1.54) is 15.9 Å². The predicted molar refractivity (Wildman–Crippen MR) is 108 cm³/mol. The Morgan fingerprint density at radius 1 is 0.897 bits per heavy atom. The maximum atomic E-state index is 14.0. The number of hydrogen-bond donors (Lipinski definition) is 1. The molecule has 0 bridgehead atoms. The number of benzene rings is 2. The third-order valence-corrected chi connectivity index (χ3v) is 5.42. The number of rotatable bonds is 4. The van der Waals surface area contributed by atoms with Crippen LogP contribution >= 0.6 is 0 Å². The second kappa shape index (κ2) is 7.98. The Labute approximate surface area is 168 Å². The van der Waals surface area contributed by atoms with Gasteiger partial charge < -0.3 is 19.8 Å². The Morgan fingerprint density at radius 2 is 1.55 bits per heavy atom. The molecule has 0 unspecified atom stereocenters. The van der Waals surface area contributed by atoms with Crippen LogP contribution in [0.15, 0.2) is 48.5 Å². The monoisotopic (exact) mass is 398 g/mol. The van der Waals surface area contributed by atoms with Gasteiger partial charge >= 0.3 is 6.03 Å². The molecule has 1 N–H and O–H groups in total. The van der Waals surface area contributed by atoms with Crippen LogP contribution in [0.4, 0.5) is 20.6 Å². The highest BCUT2D eigenvalue weighted by Crippen LogP contribution is 2.27. The van der Waals surface area contributed by atoms with Crippen molar-refractivity contribution >= 4 is 23.3 Å². The molecule has 0 aliphatic carbocycles. The van der Waals surface area contributed by atoms with Crippen LogP contribution in [-0.4, -0.2) is 72.7 Å². The molecule has 2 aromatic carbocycles. The van der Waals surface area contributed by atoms with E-state index >= 15 is 0 Å². The minimum absolute atomic E-state index is 0.0135. The third kappa shape index (κ3) is 3.83. The van der Waals surface area contributed by atoms with E-state index in [4.69, 9.17) is 0 Å². The lowest BCUT2D eigenvalue weighted by atomic mass is 10.2. The highest BCUT2D eigenvalue weighted by molar-refractivity contribution is 5.96. The second-order valence-corrected chi connectivity index (χ2v) is 7.16. The summed E-state index contributed by atoms with van der Waals surface area (Å²) >= 11 is 0. The van der Waals surface area contributed by atoms with Crippen molar-refractivity contribution in [1.29, 1.82) is 0 Å². The van der Waals surface area contributed by atoms with Crippen molar-refractivity contribution in [2.75, 3.05) is 55.6 Å². The van der Waals surface area contributed by atoms with Crippen molar-refractivity contribution in [3.05, 3.63) is 54.3 Å². The molecule has 2 aromatic rings. The molecule has 152 valence electrons. The Balaban J connectivity index is 1.33. The topological polar surface area (TPSA) is 67.3 Å². The lowest BCUT2D eigenvalue weighted by molar-refractivity contribution is -0.131. The SMILES string of the molecule is O=C(CN1CCN(c2ccccc2F)C1=O)N1CCN(c2ccccc2O)CC1. The number of carbonyl (C=O) groups is 2. The molecule has 29 heavy (non-hydrogen) atoms. The van der Waals surface area contributed by atoms with Crippen LogP contribution in [0, 0.1) is 5.82 Å². The van der Waals surface area contributed by atoms with Crippen LogP contribution in [0.5, 0.6) is 5.75 Å². The van der Waals surface area contributed by atoms with Gasteiger partial charge in [-0.3, -0.25) is 9.69 Å². The number of anilines is 2. The number of nitrogens with zero attached hydrogens (tertiary/aromatic N) is 4. The Hall–Kier alpha value is -3.29. The molecular formula is C21H23FN4O3.